The molecule has 0 radical (unpaired) electrons. The van der Waals surface area contributed by atoms with Crippen molar-refractivity contribution in [1.29, 1.82) is 0 Å². The van der Waals surface area contributed by atoms with Crippen LogP contribution in [-0.2, 0) is 12.0 Å². The minimum absolute atomic E-state index is 0.136. The van der Waals surface area contributed by atoms with Crippen molar-refractivity contribution < 1.29 is 0 Å². The first-order valence-electron chi connectivity index (χ1n) is 4.16. The predicted molar refractivity (Wildman–Crippen MR) is 48.0 cm³/mol. The summed E-state index contributed by atoms with van der Waals surface area (Å²) in [7, 11) is 0. The zero-order valence-corrected chi connectivity index (χ0v) is 8.15. The summed E-state index contributed by atoms with van der Waals surface area (Å²) in [6, 6.07) is 0. The molecule has 0 saturated heterocycles. The van der Waals surface area contributed by atoms with E-state index in [-0.39, 0.29) is 5.54 Å². The lowest BCUT2D eigenvalue weighted by molar-refractivity contribution is 0.305. The molecular weight excluding hydrogens is 166 g/mol. The number of hydrogen-bond donors (Lipinski definition) is 0. The van der Waals surface area contributed by atoms with E-state index in [2.05, 4.69) is 20.3 Å². The molecule has 1 aromatic heterocycles. The maximum Gasteiger partial charge on any atom is 0.221 e. The van der Waals surface area contributed by atoms with Crippen molar-refractivity contribution >= 4 is 0 Å². The van der Waals surface area contributed by atoms with Crippen LogP contribution in [0.1, 0.15) is 26.6 Å². The molecule has 1 heterocycles. The summed E-state index contributed by atoms with van der Waals surface area (Å²) in [6.07, 6.45) is 0.583. The van der Waals surface area contributed by atoms with Gasteiger partial charge in [-0.2, -0.15) is 4.80 Å². The lowest BCUT2D eigenvalue weighted by Gasteiger charge is -2.15. The maximum atomic E-state index is 6.62. The highest BCUT2D eigenvalue weighted by Crippen LogP contribution is 2.08. The molecule has 1 rings (SSSR count). The monoisotopic (exact) mass is 179 g/mol. The van der Waals surface area contributed by atoms with Gasteiger partial charge in [0.2, 0.25) is 6.54 Å². The van der Waals surface area contributed by atoms with Gasteiger partial charge in [-0.05, 0) is 26.0 Å². The van der Waals surface area contributed by atoms with E-state index in [4.69, 9.17) is 6.57 Å². The zero-order valence-electron chi connectivity index (χ0n) is 8.15. The minimum atomic E-state index is -0.136. The Morgan fingerprint density at radius 3 is 2.62 bits per heavy atom. The largest absolute Gasteiger partial charge is 0.316 e. The standard InChI is InChI=1S/C8H13N5/c1-8(2,3)13-11-7(10-12-13)5-6-9-4/h5-6H2,1-3H3. The first kappa shape index (κ1) is 9.65. The molecule has 0 unspecified atom stereocenters. The highest BCUT2D eigenvalue weighted by Gasteiger charge is 2.16. The molecule has 5 heteroatoms. The summed E-state index contributed by atoms with van der Waals surface area (Å²) < 4.78 is 0. The Labute approximate surface area is 77.6 Å². The number of tetrazole rings is 1. The number of hydrogen-bond acceptors (Lipinski definition) is 3. The third-order valence-corrected chi connectivity index (χ3v) is 1.50. The van der Waals surface area contributed by atoms with Gasteiger partial charge in [0, 0.05) is 0 Å². The van der Waals surface area contributed by atoms with E-state index in [1.54, 1.807) is 4.80 Å². The molecule has 0 aliphatic heterocycles. The van der Waals surface area contributed by atoms with Gasteiger partial charge in [0.05, 0.1) is 12.0 Å². The van der Waals surface area contributed by atoms with Gasteiger partial charge in [0.25, 0.3) is 0 Å². The Morgan fingerprint density at radius 1 is 1.46 bits per heavy atom. The number of aromatic nitrogens is 4. The zero-order chi connectivity index (χ0) is 9.90. The second kappa shape index (κ2) is 3.52. The Hall–Kier alpha value is -1.44. The fraction of sp³-hybridized carbons (Fsp3) is 0.750. The maximum absolute atomic E-state index is 6.62. The Kier molecular flexibility index (Phi) is 2.61. The van der Waals surface area contributed by atoms with Crippen LogP contribution in [0.5, 0.6) is 0 Å². The van der Waals surface area contributed by atoms with Gasteiger partial charge in [-0.25, -0.2) is 6.57 Å². The van der Waals surface area contributed by atoms with E-state index >= 15 is 0 Å². The summed E-state index contributed by atoms with van der Waals surface area (Å²) >= 11 is 0. The molecule has 0 aliphatic rings. The third-order valence-electron chi connectivity index (χ3n) is 1.50. The van der Waals surface area contributed by atoms with E-state index in [0.717, 1.165) is 0 Å². The molecule has 5 nitrogen and oxygen atoms in total. The van der Waals surface area contributed by atoms with Gasteiger partial charge in [-0.1, -0.05) is 0 Å². The number of nitrogens with zero attached hydrogens (tertiary/aromatic N) is 5. The van der Waals surface area contributed by atoms with Gasteiger partial charge < -0.3 is 4.85 Å². The lowest BCUT2D eigenvalue weighted by Crippen LogP contribution is -2.24. The van der Waals surface area contributed by atoms with Crippen molar-refractivity contribution in [3.05, 3.63) is 17.2 Å². The van der Waals surface area contributed by atoms with Crippen molar-refractivity contribution in [1.82, 2.24) is 20.2 Å². The van der Waals surface area contributed by atoms with Crippen LogP contribution in [0.15, 0.2) is 0 Å². The SMILES string of the molecule is [C-]#[N+]CCc1nnn(C(C)(C)C)n1. The topological polar surface area (TPSA) is 48.0 Å². The molecule has 1 aromatic rings. The summed E-state index contributed by atoms with van der Waals surface area (Å²) in [5, 5.41) is 11.9. The molecule has 0 spiro atoms. The Morgan fingerprint density at radius 2 is 2.15 bits per heavy atom. The van der Waals surface area contributed by atoms with Crippen LogP contribution < -0.4 is 0 Å². The van der Waals surface area contributed by atoms with Gasteiger partial charge >= 0.3 is 0 Å². The highest BCUT2D eigenvalue weighted by molar-refractivity contribution is 4.82. The van der Waals surface area contributed by atoms with Gasteiger partial charge in [-0.3, -0.25) is 0 Å². The normalized spacial score (nSPS) is 11.2. The van der Waals surface area contributed by atoms with Crippen molar-refractivity contribution in [2.75, 3.05) is 6.54 Å². The van der Waals surface area contributed by atoms with Crippen LogP contribution in [0.4, 0.5) is 0 Å². The van der Waals surface area contributed by atoms with Gasteiger partial charge in [0.1, 0.15) is 0 Å². The third kappa shape index (κ3) is 2.51. The Balaban J connectivity index is 2.71. The number of rotatable bonds is 2. The van der Waals surface area contributed by atoms with Crippen LogP contribution in [0, 0.1) is 6.57 Å². The molecule has 0 atom stereocenters. The molecule has 0 bridgehead atoms. The molecule has 0 N–H and O–H groups in total. The van der Waals surface area contributed by atoms with Crippen LogP contribution in [0.25, 0.3) is 4.85 Å². The molecule has 0 fully saturated rings. The van der Waals surface area contributed by atoms with Crippen LogP contribution in [0.3, 0.4) is 0 Å². The van der Waals surface area contributed by atoms with Crippen LogP contribution in [-0.4, -0.2) is 26.8 Å². The summed E-state index contributed by atoms with van der Waals surface area (Å²) in [5.74, 6) is 0.644. The van der Waals surface area contributed by atoms with Crippen molar-refractivity contribution in [2.24, 2.45) is 0 Å². The molecule has 70 valence electrons. The van der Waals surface area contributed by atoms with Gasteiger partial charge in [0.15, 0.2) is 5.82 Å². The quantitative estimate of drug-likeness (QED) is 0.633. The van der Waals surface area contributed by atoms with Crippen LogP contribution in [0.2, 0.25) is 0 Å². The van der Waals surface area contributed by atoms with E-state index in [0.29, 0.717) is 18.8 Å². The fourth-order valence-corrected chi connectivity index (χ4v) is 0.783. The van der Waals surface area contributed by atoms with E-state index in [1.807, 2.05) is 20.8 Å². The molecular formula is C8H13N5. The molecule has 0 aromatic carbocycles. The Bertz CT molecular complexity index is 314. The van der Waals surface area contributed by atoms with Crippen LogP contribution >= 0.6 is 0 Å². The fourth-order valence-electron chi connectivity index (χ4n) is 0.783. The molecule has 0 saturated carbocycles. The smallest absolute Gasteiger partial charge is 0.221 e. The predicted octanol–water partition coefficient (Wildman–Crippen LogP) is 0.890. The second-order valence-corrected chi connectivity index (χ2v) is 3.80. The first-order chi connectivity index (χ1) is 6.04. The van der Waals surface area contributed by atoms with Crippen molar-refractivity contribution in [3.63, 3.8) is 0 Å². The van der Waals surface area contributed by atoms with Crippen molar-refractivity contribution in [2.45, 2.75) is 32.7 Å². The van der Waals surface area contributed by atoms with E-state index in [9.17, 15) is 0 Å². The van der Waals surface area contributed by atoms with E-state index in [1.165, 1.54) is 0 Å². The average Bonchev–Trinajstić information content (AvgIpc) is 2.47. The van der Waals surface area contributed by atoms with E-state index < -0.39 is 0 Å². The lowest BCUT2D eigenvalue weighted by atomic mass is 10.1. The molecule has 0 amide bonds. The van der Waals surface area contributed by atoms with Gasteiger partial charge in [-0.15, -0.1) is 10.2 Å². The second-order valence-electron chi connectivity index (χ2n) is 3.80. The summed E-state index contributed by atoms with van der Waals surface area (Å²) in [5.41, 5.74) is -0.136. The average molecular weight is 179 g/mol. The highest BCUT2D eigenvalue weighted by atomic mass is 15.6. The summed E-state index contributed by atoms with van der Waals surface area (Å²) in [4.78, 5) is 4.81. The molecule has 13 heavy (non-hydrogen) atoms. The first-order valence-corrected chi connectivity index (χ1v) is 4.16. The van der Waals surface area contributed by atoms with Crippen molar-refractivity contribution in [3.8, 4) is 0 Å². The molecule has 0 aliphatic carbocycles. The summed E-state index contributed by atoms with van der Waals surface area (Å²) in [6.45, 7) is 13.1. The minimum Gasteiger partial charge on any atom is -0.316 e.